The van der Waals surface area contributed by atoms with Crippen molar-refractivity contribution < 1.29 is 25.8 Å². The average Bonchev–Trinajstić information content (AvgIpc) is 2.50. The number of alkyl halides is 3. The topological polar surface area (TPSA) is 81.8 Å². The Morgan fingerprint density at radius 1 is 1.00 bits per heavy atom. The van der Waals surface area contributed by atoms with E-state index in [1.165, 1.54) is 12.1 Å². The van der Waals surface area contributed by atoms with Crippen molar-refractivity contribution in [3.63, 3.8) is 0 Å². The van der Waals surface area contributed by atoms with Crippen LogP contribution in [-0.4, -0.2) is 19.6 Å². The zero-order chi connectivity index (χ0) is 18.0. The normalized spacial score (nSPS) is 12.9. The number of nitrogens with zero attached hydrogens (tertiary/aromatic N) is 1. The van der Waals surface area contributed by atoms with E-state index in [1.54, 1.807) is 24.3 Å². The molecule has 2 aromatic carbocycles. The number of hydrogen-bond donors (Lipinski definition) is 1. The maximum atomic E-state index is 12.3. The summed E-state index contributed by atoms with van der Waals surface area (Å²) in [5.74, 6) is 4.87. The first-order valence-electron chi connectivity index (χ1n) is 6.29. The van der Waals surface area contributed by atoms with Crippen LogP contribution in [-0.2, 0) is 10.1 Å². The lowest BCUT2D eigenvalue weighted by molar-refractivity contribution is -0.0500. The van der Waals surface area contributed by atoms with Gasteiger partial charge in [0.2, 0.25) is 0 Å². The first kappa shape index (κ1) is 18.1. The average molecular weight is 379 g/mol. The van der Waals surface area contributed by atoms with E-state index < -0.39 is 21.4 Å². The molecule has 0 atom stereocenters. The Hall–Kier alpha value is -2.26. The highest BCUT2D eigenvalue weighted by Crippen LogP contribution is 2.27. The van der Waals surface area contributed by atoms with Crippen LogP contribution in [0.2, 0.25) is 5.02 Å². The van der Waals surface area contributed by atoms with E-state index in [9.17, 15) is 21.6 Å². The molecule has 2 N–H and O–H groups in total. The molecule has 0 saturated carbocycles. The molecule has 0 bridgehead atoms. The molecule has 0 heterocycles. The van der Waals surface area contributed by atoms with Gasteiger partial charge in [0.15, 0.2) is 0 Å². The summed E-state index contributed by atoms with van der Waals surface area (Å²) in [5, 5.41) is 4.15. The van der Waals surface area contributed by atoms with Gasteiger partial charge in [-0.3, -0.25) is 0 Å². The monoisotopic (exact) mass is 378 g/mol. The van der Waals surface area contributed by atoms with Gasteiger partial charge in [0.05, 0.1) is 5.71 Å². The molecule has 2 aromatic rings. The van der Waals surface area contributed by atoms with Gasteiger partial charge in [-0.15, -0.1) is 0 Å². The molecule has 0 radical (unpaired) electrons. The van der Waals surface area contributed by atoms with E-state index >= 15 is 0 Å². The van der Waals surface area contributed by atoms with Gasteiger partial charge < -0.3 is 10.0 Å². The minimum Gasteiger partial charge on any atom is -0.376 e. The predicted octanol–water partition coefficient (Wildman–Crippen LogP) is 3.28. The van der Waals surface area contributed by atoms with Gasteiger partial charge in [-0.05, 0) is 36.4 Å². The molecule has 10 heteroatoms. The number of hydrazone groups is 1. The largest absolute Gasteiger partial charge is 0.534 e. The quantitative estimate of drug-likeness (QED) is 0.291. The smallest absolute Gasteiger partial charge is 0.376 e. The van der Waals surface area contributed by atoms with Crippen molar-refractivity contribution in [3.05, 3.63) is 64.7 Å². The van der Waals surface area contributed by atoms with Crippen molar-refractivity contribution >= 4 is 27.4 Å². The van der Waals surface area contributed by atoms with Gasteiger partial charge >= 0.3 is 15.6 Å². The summed E-state index contributed by atoms with van der Waals surface area (Å²) in [5.41, 5.74) is -4.08. The molecule has 0 aliphatic carbocycles. The molecule has 0 unspecified atom stereocenters. The van der Waals surface area contributed by atoms with Crippen molar-refractivity contribution in [2.75, 3.05) is 0 Å². The number of halogens is 4. The SMILES string of the molecule is N/N=C(\c1ccc(Cl)cc1)c1ccc(OS(=O)(=O)C(F)(F)F)cc1. The van der Waals surface area contributed by atoms with Crippen LogP contribution in [0.5, 0.6) is 5.75 Å². The predicted molar refractivity (Wildman–Crippen MR) is 83.3 cm³/mol. The van der Waals surface area contributed by atoms with Gasteiger partial charge in [0, 0.05) is 16.1 Å². The van der Waals surface area contributed by atoms with Crippen LogP contribution in [0.15, 0.2) is 53.6 Å². The number of hydrogen-bond acceptors (Lipinski definition) is 5. The molecule has 0 aliphatic rings. The van der Waals surface area contributed by atoms with E-state index in [0.717, 1.165) is 12.1 Å². The Balaban J connectivity index is 2.27. The summed E-state index contributed by atoms with van der Waals surface area (Å²) in [6.07, 6.45) is 0. The van der Waals surface area contributed by atoms with Crippen LogP contribution >= 0.6 is 11.6 Å². The molecule has 0 saturated heterocycles. The number of benzene rings is 2. The molecule has 5 nitrogen and oxygen atoms in total. The second kappa shape index (κ2) is 6.70. The van der Waals surface area contributed by atoms with Crippen LogP contribution in [0.3, 0.4) is 0 Å². The third kappa shape index (κ3) is 3.98. The Kier molecular flexibility index (Phi) is 5.05. The molecule has 0 aliphatic heterocycles. The summed E-state index contributed by atoms with van der Waals surface area (Å²) in [7, 11) is -5.72. The maximum Gasteiger partial charge on any atom is 0.534 e. The lowest BCUT2D eigenvalue weighted by atomic mass is 10.0. The van der Waals surface area contributed by atoms with Crippen LogP contribution in [0.4, 0.5) is 13.2 Å². The fraction of sp³-hybridized carbons (Fsp3) is 0.0714. The standard InChI is InChI=1S/C14H10ClF3N2O3S/c15-11-5-1-9(2-6-11)13(20-19)10-3-7-12(8-4-10)23-24(21,22)14(16,17)18/h1-8H,19H2/b20-13+. The van der Waals surface area contributed by atoms with Crippen LogP contribution < -0.4 is 10.0 Å². The number of nitrogens with two attached hydrogens (primary N) is 1. The highest BCUT2D eigenvalue weighted by atomic mass is 35.5. The first-order chi connectivity index (χ1) is 11.1. The molecular formula is C14H10ClF3N2O3S. The Bertz CT molecular complexity index is 848. The first-order valence-corrected chi connectivity index (χ1v) is 8.07. The molecule has 2 rings (SSSR count). The van der Waals surface area contributed by atoms with Gasteiger partial charge in [-0.1, -0.05) is 23.7 Å². The summed E-state index contributed by atoms with van der Waals surface area (Å²) in [4.78, 5) is 0. The van der Waals surface area contributed by atoms with Crippen LogP contribution in [0, 0.1) is 0 Å². The molecule has 24 heavy (non-hydrogen) atoms. The molecule has 0 fully saturated rings. The highest BCUT2D eigenvalue weighted by Gasteiger charge is 2.48. The Morgan fingerprint density at radius 2 is 1.46 bits per heavy atom. The fourth-order valence-electron chi connectivity index (χ4n) is 1.77. The van der Waals surface area contributed by atoms with E-state index in [1.807, 2.05) is 0 Å². The lowest BCUT2D eigenvalue weighted by Crippen LogP contribution is -2.28. The second-order valence-corrected chi connectivity index (χ2v) is 6.47. The van der Waals surface area contributed by atoms with Crippen LogP contribution in [0.25, 0.3) is 0 Å². The van der Waals surface area contributed by atoms with E-state index in [-0.39, 0.29) is 0 Å². The summed E-state index contributed by atoms with van der Waals surface area (Å²) < 4.78 is 62.7. The van der Waals surface area contributed by atoms with Crippen molar-refractivity contribution in [1.29, 1.82) is 0 Å². The Labute approximate surface area is 140 Å². The zero-order valence-electron chi connectivity index (χ0n) is 11.8. The molecule has 128 valence electrons. The van der Waals surface area contributed by atoms with Crippen molar-refractivity contribution in [3.8, 4) is 5.75 Å². The summed E-state index contributed by atoms with van der Waals surface area (Å²) in [6.45, 7) is 0. The van der Waals surface area contributed by atoms with Gasteiger partial charge in [-0.25, -0.2) is 0 Å². The summed E-state index contributed by atoms with van der Waals surface area (Å²) >= 11 is 5.79. The maximum absolute atomic E-state index is 12.3. The van der Waals surface area contributed by atoms with Crippen LogP contribution in [0.1, 0.15) is 11.1 Å². The molecular weight excluding hydrogens is 369 g/mol. The second-order valence-electron chi connectivity index (χ2n) is 4.49. The minimum atomic E-state index is -5.72. The van der Waals surface area contributed by atoms with E-state index in [0.29, 0.717) is 21.9 Å². The summed E-state index contributed by atoms with van der Waals surface area (Å²) in [6, 6.07) is 11.4. The zero-order valence-corrected chi connectivity index (χ0v) is 13.4. The third-order valence-corrected chi connectivity index (χ3v) is 4.09. The fourth-order valence-corrected chi connectivity index (χ4v) is 2.35. The van der Waals surface area contributed by atoms with E-state index in [2.05, 4.69) is 9.28 Å². The third-order valence-electron chi connectivity index (χ3n) is 2.86. The molecule has 0 amide bonds. The minimum absolute atomic E-state index is 0.344. The van der Waals surface area contributed by atoms with Crippen molar-refractivity contribution in [2.45, 2.75) is 5.51 Å². The van der Waals surface area contributed by atoms with Crippen molar-refractivity contribution in [2.24, 2.45) is 10.9 Å². The molecule has 0 spiro atoms. The van der Waals surface area contributed by atoms with Gasteiger partial charge in [-0.2, -0.15) is 26.7 Å². The van der Waals surface area contributed by atoms with Crippen molar-refractivity contribution in [1.82, 2.24) is 0 Å². The number of rotatable bonds is 4. The van der Waals surface area contributed by atoms with Gasteiger partial charge in [0.25, 0.3) is 0 Å². The highest BCUT2D eigenvalue weighted by molar-refractivity contribution is 7.88. The van der Waals surface area contributed by atoms with Gasteiger partial charge in [0.1, 0.15) is 5.75 Å². The van der Waals surface area contributed by atoms with E-state index in [4.69, 9.17) is 17.4 Å². The lowest BCUT2D eigenvalue weighted by Gasteiger charge is -2.10. The molecule has 0 aromatic heterocycles. The Morgan fingerprint density at radius 3 is 1.88 bits per heavy atom.